The van der Waals surface area contributed by atoms with Crippen molar-refractivity contribution in [2.24, 2.45) is 5.41 Å². The summed E-state index contributed by atoms with van der Waals surface area (Å²) in [4.78, 5) is 4.75. The summed E-state index contributed by atoms with van der Waals surface area (Å²) in [6.45, 7) is 11.2. The predicted molar refractivity (Wildman–Crippen MR) is 86.3 cm³/mol. The molecule has 20 heavy (non-hydrogen) atoms. The van der Waals surface area contributed by atoms with E-state index in [4.69, 9.17) is 4.98 Å². The summed E-state index contributed by atoms with van der Waals surface area (Å²) in [6.07, 6.45) is 6.01. The first-order valence-corrected chi connectivity index (χ1v) is 8.65. The summed E-state index contributed by atoms with van der Waals surface area (Å²) in [5.74, 6) is 0. The van der Waals surface area contributed by atoms with E-state index < -0.39 is 5.60 Å². The van der Waals surface area contributed by atoms with Crippen LogP contribution in [0.1, 0.15) is 77.4 Å². The topological polar surface area (TPSA) is 33.1 Å². The molecule has 0 bridgehead atoms. The summed E-state index contributed by atoms with van der Waals surface area (Å²) in [7, 11) is 0. The number of thiazole rings is 1. The predicted octanol–water partition coefficient (Wildman–Crippen LogP) is 4.70. The maximum absolute atomic E-state index is 10.9. The smallest absolute Gasteiger partial charge is 0.0957 e. The van der Waals surface area contributed by atoms with Crippen LogP contribution in [0.5, 0.6) is 0 Å². The quantitative estimate of drug-likeness (QED) is 0.802. The number of hydrogen-bond acceptors (Lipinski definition) is 3. The van der Waals surface area contributed by atoms with E-state index in [-0.39, 0.29) is 5.41 Å². The van der Waals surface area contributed by atoms with Crippen LogP contribution in [0, 0.1) is 5.41 Å². The van der Waals surface area contributed by atoms with Gasteiger partial charge in [0.2, 0.25) is 0 Å². The van der Waals surface area contributed by atoms with Gasteiger partial charge in [0, 0.05) is 17.2 Å². The first-order chi connectivity index (χ1) is 9.10. The van der Waals surface area contributed by atoms with Gasteiger partial charge < -0.3 is 5.11 Å². The van der Waals surface area contributed by atoms with Crippen LogP contribution in [0.25, 0.3) is 0 Å². The van der Waals surface area contributed by atoms with Gasteiger partial charge in [-0.1, -0.05) is 41.0 Å². The van der Waals surface area contributed by atoms with Gasteiger partial charge in [-0.3, -0.25) is 0 Å². The molecule has 1 unspecified atom stereocenters. The monoisotopic (exact) mass is 295 g/mol. The summed E-state index contributed by atoms with van der Waals surface area (Å²) < 4.78 is 0. The van der Waals surface area contributed by atoms with E-state index in [1.54, 1.807) is 11.3 Å². The third-order valence-corrected chi connectivity index (χ3v) is 5.41. The van der Waals surface area contributed by atoms with Crippen LogP contribution in [-0.4, -0.2) is 15.7 Å². The van der Waals surface area contributed by atoms with Crippen LogP contribution in [0.2, 0.25) is 0 Å². The van der Waals surface area contributed by atoms with Gasteiger partial charge in [-0.15, -0.1) is 11.3 Å². The van der Waals surface area contributed by atoms with Crippen molar-refractivity contribution in [2.45, 2.75) is 84.2 Å². The Kier molecular flexibility index (Phi) is 4.32. The molecule has 1 N–H and O–H groups in total. The lowest BCUT2D eigenvalue weighted by Crippen LogP contribution is -2.31. The van der Waals surface area contributed by atoms with Crippen molar-refractivity contribution in [1.29, 1.82) is 0 Å². The molecule has 3 heteroatoms. The highest BCUT2D eigenvalue weighted by atomic mass is 32.1. The minimum atomic E-state index is -0.541. The number of aliphatic hydroxyl groups is 1. The van der Waals surface area contributed by atoms with Gasteiger partial charge in [0.1, 0.15) is 0 Å². The van der Waals surface area contributed by atoms with Crippen LogP contribution >= 0.6 is 11.3 Å². The van der Waals surface area contributed by atoms with Gasteiger partial charge >= 0.3 is 0 Å². The van der Waals surface area contributed by atoms with Gasteiger partial charge in [-0.2, -0.15) is 0 Å². The molecule has 2 nitrogen and oxygen atoms in total. The zero-order valence-electron chi connectivity index (χ0n) is 13.6. The molecule has 1 atom stereocenters. The van der Waals surface area contributed by atoms with Crippen molar-refractivity contribution in [2.75, 3.05) is 0 Å². The lowest BCUT2D eigenvalue weighted by molar-refractivity contribution is 0.0225. The molecular weight excluding hydrogens is 266 g/mol. The Hall–Kier alpha value is -0.410. The third kappa shape index (κ3) is 4.05. The second-order valence-corrected chi connectivity index (χ2v) is 9.24. The van der Waals surface area contributed by atoms with E-state index in [9.17, 15) is 5.11 Å². The second-order valence-electron chi connectivity index (χ2n) is 8.30. The fraction of sp³-hybridized carbons (Fsp3) is 0.824. The van der Waals surface area contributed by atoms with Gasteiger partial charge in [0.15, 0.2) is 0 Å². The Morgan fingerprint density at radius 3 is 2.50 bits per heavy atom. The van der Waals surface area contributed by atoms with Crippen molar-refractivity contribution in [3.05, 3.63) is 16.1 Å². The van der Waals surface area contributed by atoms with Crippen LogP contribution in [0.4, 0.5) is 0 Å². The molecular formula is C17H29NOS. The van der Waals surface area contributed by atoms with Crippen molar-refractivity contribution >= 4 is 11.3 Å². The molecule has 1 aromatic rings. The average molecular weight is 295 g/mol. The molecule has 0 aromatic carbocycles. The maximum Gasteiger partial charge on any atom is 0.0957 e. The standard InChI is InChI=1S/C17H29NOS/c1-15(2,3)13-12-20-14(18-13)11-17(19)8-6-7-16(4,5)9-10-17/h12,19H,6-11H2,1-5H3. The normalized spacial score (nSPS) is 27.3. The highest BCUT2D eigenvalue weighted by molar-refractivity contribution is 7.09. The molecule has 2 rings (SSSR count). The van der Waals surface area contributed by atoms with Crippen LogP contribution in [0.15, 0.2) is 5.38 Å². The third-order valence-electron chi connectivity index (χ3n) is 4.56. The van der Waals surface area contributed by atoms with Gasteiger partial charge in [0.25, 0.3) is 0 Å². The molecule has 0 saturated heterocycles. The zero-order valence-corrected chi connectivity index (χ0v) is 14.4. The molecule has 1 aliphatic rings. The molecule has 1 aliphatic carbocycles. The van der Waals surface area contributed by atoms with Crippen molar-refractivity contribution in [1.82, 2.24) is 4.98 Å². The lowest BCUT2D eigenvalue weighted by Gasteiger charge is -2.27. The number of aromatic nitrogens is 1. The van der Waals surface area contributed by atoms with Crippen LogP contribution in [0.3, 0.4) is 0 Å². The Morgan fingerprint density at radius 2 is 1.90 bits per heavy atom. The van der Waals surface area contributed by atoms with E-state index in [0.717, 1.165) is 42.8 Å². The minimum absolute atomic E-state index is 0.100. The van der Waals surface area contributed by atoms with Crippen molar-refractivity contribution in [3.63, 3.8) is 0 Å². The van der Waals surface area contributed by atoms with Crippen LogP contribution < -0.4 is 0 Å². The van der Waals surface area contributed by atoms with E-state index in [1.165, 1.54) is 6.42 Å². The van der Waals surface area contributed by atoms with E-state index in [1.807, 2.05) is 0 Å². The molecule has 1 aromatic heterocycles. The molecule has 0 aliphatic heterocycles. The molecule has 1 saturated carbocycles. The Morgan fingerprint density at radius 1 is 1.20 bits per heavy atom. The summed E-state index contributed by atoms with van der Waals surface area (Å²) in [6, 6.07) is 0. The van der Waals surface area contributed by atoms with Crippen molar-refractivity contribution < 1.29 is 5.11 Å². The zero-order chi connectivity index (χ0) is 15.0. The molecule has 1 heterocycles. The van der Waals surface area contributed by atoms with Gasteiger partial charge in [0.05, 0.1) is 16.3 Å². The van der Waals surface area contributed by atoms with Crippen LogP contribution in [-0.2, 0) is 11.8 Å². The molecule has 0 amide bonds. The fourth-order valence-corrected chi connectivity index (χ4v) is 4.07. The Labute approximate surface area is 127 Å². The van der Waals surface area contributed by atoms with Gasteiger partial charge in [-0.05, 0) is 31.1 Å². The SMILES string of the molecule is CC1(C)CCCC(O)(Cc2nc(C(C)(C)C)cs2)CC1. The summed E-state index contributed by atoms with van der Waals surface area (Å²) in [5.41, 5.74) is 1.09. The molecule has 114 valence electrons. The Balaban J connectivity index is 2.07. The molecule has 0 spiro atoms. The summed E-state index contributed by atoms with van der Waals surface area (Å²) >= 11 is 1.70. The van der Waals surface area contributed by atoms with E-state index in [2.05, 4.69) is 40.0 Å². The molecule has 1 fully saturated rings. The maximum atomic E-state index is 10.9. The highest BCUT2D eigenvalue weighted by Gasteiger charge is 2.34. The average Bonchev–Trinajstić information content (AvgIpc) is 2.69. The summed E-state index contributed by atoms with van der Waals surface area (Å²) in [5, 5.41) is 14.2. The Bertz CT molecular complexity index is 458. The first-order valence-electron chi connectivity index (χ1n) is 7.77. The van der Waals surface area contributed by atoms with E-state index >= 15 is 0 Å². The number of rotatable bonds is 2. The largest absolute Gasteiger partial charge is 0.389 e. The van der Waals surface area contributed by atoms with Gasteiger partial charge in [-0.25, -0.2) is 4.98 Å². The van der Waals surface area contributed by atoms with E-state index in [0.29, 0.717) is 5.41 Å². The highest BCUT2D eigenvalue weighted by Crippen LogP contribution is 2.39. The molecule has 0 radical (unpaired) electrons. The minimum Gasteiger partial charge on any atom is -0.389 e. The second kappa shape index (κ2) is 5.42. The van der Waals surface area contributed by atoms with Crippen molar-refractivity contribution in [3.8, 4) is 0 Å². The number of nitrogens with zero attached hydrogens (tertiary/aromatic N) is 1. The fourth-order valence-electron chi connectivity index (χ4n) is 2.91. The first kappa shape index (κ1) is 16.0. The number of hydrogen-bond donors (Lipinski definition) is 1. The lowest BCUT2D eigenvalue weighted by atomic mass is 9.84.